The normalized spacial score (nSPS) is 21.6. The molecule has 2 N–H and O–H groups in total. The number of rotatable bonds is 3. The number of hydrogen-bond donors (Lipinski definition) is 1. The van der Waals surface area contributed by atoms with E-state index in [1.165, 1.54) is 38.8 Å². The SMILES string of the molecule is Cc1nc(CN)cc(N2CCC(N3CCCC3)CC2)n1. The average molecular weight is 275 g/mol. The first-order valence-electron chi connectivity index (χ1n) is 7.80. The van der Waals surface area contributed by atoms with Crippen LogP contribution in [0.4, 0.5) is 5.82 Å². The first-order valence-corrected chi connectivity index (χ1v) is 7.80. The van der Waals surface area contributed by atoms with Crippen LogP contribution in [0.5, 0.6) is 0 Å². The molecule has 1 aromatic heterocycles. The highest BCUT2D eigenvalue weighted by molar-refractivity contribution is 5.40. The lowest BCUT2D eigenvalue weighted by Gasteiger charge is -2.37. The molecule has 5 heteroatoms. The highest BCUT2D eigenvalue weighted by Gasteiger charge is 2.26. The van der Waals surface area contributed by atoms with Crippen molar-refractivity contribution in [3.05, 3.63) is 17.6 Å². The van der Waals surface area contributed by atoms with Gasteiger partial charge < -0.3 is 15.5 Å². The predicted molar refractivity (Wildman–Crippen MR) is 80.7 cm³/mol. The molecular weight excluding hydrogens is 250 g/mol. The van der Waals surface area contributed by atoms with Gasteiger partial charge in [-0.2, -0.15) is 0 Å². The van der Waals surface area contributed by atoms with E-state index >= 15 is 0 Å². The Morgan fingerprint density at radius 2 is 1.85 bits per heavy atom. The molecule has 2 saturated heterocycles. The van der Waals surface area contributed by atoms with Crippen molar-refractivity contribution in [1.29, 1.82) is 0 Å². The van der Waals surface area contributed by atoms with Crippen LogP contribution in [0.15, 0.2) is 6.07 Å². The molecule has 0 aromatic carbocycles. The van der Waals surface area contributed by atoms with Gasteiger partial charge in [-0.25, -0.2) is 9.97 Å². The fraction of sp³-hybridized carbons (Fsp3) is 0.733. The molecule has 3 heterocycles. The number of nitrogens with zero attached hydrogens (tertiary/aromatic N) is 4. The van der Waals surface area contributed by atoms with Gasteiger partial charge in [-0.05, 0) is 45.7 Å². The minimum Gasteiger partial charge on any atom is -0.356 e. The Bertz CT molecular complexity index is 448. The van der Waals surface area contributed by atoms with E-state index in [4.69, 9.17) is 5.73 Å². The second-order valence-corrected chi connectivity index (χ2v) is 5.93. The maximum atomic E-state index is 5.71. The molecule has 0 radical (unpaired) electrons. The van der Waals surface area contributed by atoms with E-state index in [1.54, 1.807) is 0 Å². The zero-order valence-corrected chi connectivity index (χ0v) is 12.4. The Morgan fingerprint density at radius 1 is 1.15 bits per heavy atom. The topological polar surface area (TPSA) is 58.3 Å². The van der Waals surface area contributed by atoms with E-state index < -0.39 is 0 Å². The molecule has 1 aromatic rings. The zero-order chi connectivity index (χ0) is 13.9. The maximum Gasteiger partial charge on any atom is 0.132 e. The first-order chi connectivity index (χ1) is 9.76. The third-order valence-corrected chi connectivity index (χ3v) is 4.53. The van der Waals surface area contributed by atoms with Crippen molar-refractivity contribution in [2.75, 3.05) is 31.1 Å². The second kappa shape index (κ2) is 6.06. The van der Waals surface area contributed by atoms with Crippen LogP contribution in [0.25, 0.3) is 0 Å². The van der Waals surface area contributed by atoms with Crippen molar-refractivity contribution in [2.45, 2.75) is 45.2 Å². The van der Waals surface area contributed by atoms with Crippen LogP contribution < -0.4 is 10.6 Å². The van der Waals surface area contributed by atoms with Crippen molar-refractivity contribution in [3.8, 4) is 0 Å². The molecule has 5 nitrogen and oxygen atoms in total. The summed E-state index contributed by atoms with van der Waals surface area (Å²) >= 11 is 0. The molecule has 0 saturated carbocycles. The third kappa shape index (κ3) is 2.94. The Balaban J connectivity index is 1.64. The van der Waals surface area contributed by atoms with Crippen LogP contribution in [0.3, 0.4) is 0 Å². The number of anilines is 1. The molecule has 0 spiro atoms. The molecule has 2 aliphatic rings. The molecule has 0 amide bonds. The van der Waals surface area contributed by atoms with E-state index in [9.17, 15) is 0 Å². The van der Waals surface area contributed by atoms with E-state index in [0.29, 0.717) is 6.54 Å². The molecule has 0 aliphatic carbocycles. The van der Waals surface area contributed by atoms with Crippen molar-refractivity contribution >= 4 is 5.82 Å². The summed E-state index contributed by atoms with van der Waals surface area (Å²) < 4.78 is 0. The van der Waals surface area contributed by atoms with Gasteiger partial charge in [-0.3, -0.25) is 0 Å². The molecule has 110 valence electrons. The van der Waals surface area contributed by atoms with Crippen molar-refractivity contribution in [1.82, 2.24) is 14.9 Å². The average Bonchev–Trinajstić information content (AvgIpc) is 3.01. The fourth-order valence-corrected chi connectivity index (χ4v) is 3.45. The van der Waals surface area contributed by atoms with Crippen LogP contribution in [0, 0.1) is 6.92 Å². The maximum absolute atomic E-state index is 5.71. The van der Waals surface area contributed by atoms with Crippen LogP contribution in [-0.4, -0.2) is 47.1 Å². The van der Waals surface area contributed by atoms with E-state index in [0.717, 1.165) is 36.5 Å². The molecule has 0 unspecified atom stereocenters. The summed E-state index contributed by atoms with van der Waals surface area (Å²) in [6, 6.07) is 2.83. The summed E-state index contributed by atoms with van der Waals surface area (Å²) in [5.41, 5.74) is 6.65. The second-order valence-electron chi connectivity index (χ2n) is 5.93. The van der Waals surface area contributed by atoms with Gasteiger partial charge in [0, 0.05) is 31.7 Å². The smallest absolute Gasteiger partial charge is 0.132 e. The first kappa shape index (κ1) is 13.8. The molecule has 0 bridgehead atoms. The summed E-state index contributed by atoms with van der Waals surface area (Å²) in [5.74, 6) is 1.88. The van der Waals surface area contributed by atoms with Gasteiger partial charge in [-0.15, -0.1) is 0 Å². The Hall–Kier alpha value is -1.20. The van der Waals surface area contributed by atoms with Crippen LogP contribution in [-0.2, 0) is 6.54 Å². The van der Waals surface area contributed by atoms with Crippen molar-refractivity contribution < 1.29 is 0 Å². The number of likely N-dealkylation sites (tertiary alicyclic amines) is 1. The summed E-state index contributed by atoms with van der Waals surface area (Å²) in [7, 11) is 0. The minimum atomic E-state index is 0.487. The number of nitrogens with two attached hydrogens (primary N) is 1. The molecule has 2 fully saturated rings. The largest absolute Gasteiger partial charge is 0.356 e. The van der Waals surface area contributed by atoms with E-state index in [2.05, 4.69) is 19.8 Å². The quantitative estimate of drug-likeness (QED) is 0.901. The number of hydrogen-bond acceptors (Lipinski definition) is 5. The predicted octanol–water partition coefficient (Wildman–Crippen LogP) is 1.31. The number of piperidine rings is 1. The van der Waals surface area contributed by atoms with Gasteiger partial charge in [0.1, 0.15) is 11.6 Å². The molecule has 3 rings (SSSR count). The van der Waals surface area contributed by atoms with E-state index in [1.807, 2.05) is 13.0 Å². The van der Waals surface area contributed by atoms with Gasteiger partial charge in [0.05, 0.1) is 5.69 Å². The van der Waals surface area contributed by atoms with Crippen molar-refractivity contribution in [3.63, 3.8) is 0 Å². The monoisotopic (exact) mass is 275 g/mol. The Labute approximate surface area is 121 Å². The van der Waals surface area contributed by atoms with Gasteiger partial charge in [-0.1, -0.05) is 0 Å². The van der Waals surface area contributed by atoms with Gasteiger partial charge in [0.2, 0.25) is 0 Å². The molecule has 20 heavy (non-hydrogen) atoms. The highest BCUT2D eigenvalue weighted by Crippen LogP contribution is 2.24. The third-order valence-electron chi connectivity index (χ3n) is 4.53. The standard InChI is InChI=1S/C15H25N5/c1-12-17-13(11-16)10-15(18-12)20-8-4-14(5-9-20)19-6-2-3-7-19/h10,14H,2-9,11,16H2,1H3. The fourth-order valence-electron chi connectivity index (χ4n) is 3.45. The minimum absolute atomic E-state index is 0.487. The van der Waals surface area contributed by atoms with Crippen LogP contribution >= 0.6 is 0 Å². The molecule has 2 aliphatic heterocycles. The number of aromatic nitrogens is 2. The highest BCUT2D eigenvalue weighted by atomic mass is 15.2. The summed E-state index contributed by atoms with van der Waals surface area (Å²) in [6.07, 6.45) is 5.26. The van der Waals surface area contributed by atoms with Crippen LogP contribution in [0.1, 0.15) is 37.2 Å². The lowest BCUT2D eigenvalue weighted by Crippen LogP contribution is -2.44. The lowest BCUT2D eigenvalue weighted by atomic mass is 10.0. The van der Waals surface area contributed by atoms with Gasteiger partial charge >= 0.3 is 0 Å². The van der Waals surface area contributed by atoms with Crippen molar-refractivity contribution in [2.24, 2.45) is 5.73 Å². The Morgan fingerprint density at radius 3 is 2.50 bits per heavy atom. The summed E-state index contributed by atoms with van der Waals surface area (Å²) in [5, 5.41) is 0. The summed E-state index contributed by atoms with van der Waals surface area (Å²) in [6.45, 7) is 7.23. The zero-order valence-electron chi connectivity index (χ0n) is 12.4. The number of aryl methyl sites for hydroxylation is 1. The van der Waals surface area contributed by atoms with Crippen LogP contribution in [0.2, 0.25) is 0 Å². The molecular formula is C15H25N5. The lowest BCUT2D eigenvalue weighted by molar-refractivity contribution is 0.207. The molecule has 0 atom stereocenters. The summed E-state index contributed by atoms with van der Waals surface area (Å²) in [4.78, 5) is 14.0. The Kier molecular flexibility index (Phi) is 4.17. The van der Waals surface area contributed by atoms with Gasteiger partial charge in [0.25, 0.3) is 0 Å². The van der Waals surface area contributed by atoms with Gasteiger partial charge in [0.15, 0.2) is 0 Å². The van der Waals surface area contributed by atoms with E-state index in [-0.39, 0.29) is 0 Å².